The van der Waals surface area contributed by atoms with Gasteiger partial charge in [-0.1, -0.05) is 20.8 Å². The van der Waals surface area contributed by atoms with Crippen LogP contribution >= 0.6 is 15.9 Å². The van der Waals surface area contributed by atoms with Gasteiger partial charge in [0.15, 0.2) is 0 Å². The molecule has 0 saturated carbocycles. The monoisotopic (exact) mass is 274 g/mol. The predicted octanol–water partition coefficient (Wildman–Crippen LogP) is 1.74. The Balaban J connectivity index is 3.01. The summed E-state index contributed by atoms with van der Waals surface area (Å²) < 4.78 is 1.60. The molecule has 1 heterocycles. The fourth-order valence-corrected chi connectivity index (χ4v) is 1.46. The average Bonchev–Trinajstić information content (AvgIpc) is 2.10. The lowest BCUT2D eigenvalue weighted by molar-refractivity contribution is 0.343. The van der Waals surface area contributed by atoms with E-state index >= 15 is 0 Å². The van der Waals surface area contributed by atoms with Gasteiger partial charge in [0, 0.05) is 12.7 Å². The van der Waals surface area contributed by atoms with Gasteiger partial charge in [0.05, 0.1) is 4.47 Å². The molecule has 0 aliphatic heterocycles. The van der Waals surface area contributed by atoms with Crippen molar-refractivity contribution in [2.75, 3.05) is 0 Å². The summed E-state index contributed by atoms with van der Waals surface area (Å²) in [5.41, 5.74) is -0.524. The highest BCUT2D eigenvalue weighted by Crippen LogP contribution is 2.18. The second-order valence-electron chi connectivity index (χ2n) is 4.71. The van der Waals surface area contributed by atoms with Gasteiger partial charge in [0.25, 0.3) is 5.56 Å². The fourth-order valence-electron chi connectivity index (χ4n) is 1.14. The van der Waals surface area contributed by atoms with Gasteiger partial charge in [-0.3, -0.25) is 9.36 Å². The van der Waals surface area contributed by atoms with Gasteiger partial charge in [0.2, 0.25) is 0 Å². The molecule has 1 N–H and O–H groups in total. The molecule has 0 unspecified atom stereocenters. The number of H-pyrrole nitrogens is 1. The van der Waals surface area contributed by atoms with E-state index in [0.29, 0.717) is 11.0 Å². The smallest absolute Gasteiger partial charge is 0.313 e. The molecular formula is C10H15BrN2O2. The highest BCUT2D eigenvalue weighted by molar-refractivity contribution is 9.10. The summed E-state index contributed by atoms with van der Waals surface area (Å²) in [5, 5.41) is 0. The molecule has 4 nitrogen and oxygen atoms in total. The summed E-state index contributed by atoms with van der Waals surface area (Å²) in [4.78, 5) is 25.5. The van der Waals surface area contributed by atoms with Crippen molar-refractivity contribution in [3.8, 4) is 0 Å². The summed E-state index contributed by atoms with van der Waals surface area (Å²) in [6.45, 7) is 6.66. The van der Waals surface area contributed by atoms with Gasteiger partial charge in [-0.05, 0) is 27.8 Å². The minimum atomic E-state index is -0.354. The second-order valence-corrected chi connectivity index (χ2v) is 5.56. The molecule has 1 aromatic rings. The Kier molecular flexibility index (Phi) is 3.54. The van der Waals surface area contributed by atoms with E-state index in [1.165, 1.54) is 10.8 Å². The zero-order chi connectivity index (χ0) is 11.6. The number of halogens is 1. The molecular weight excluding hydrogens is 260 g/mol. The van der Waals surface area contributed by atoms with E-state index in [2.05, 4.69) is 41.7 Å². The molecule has 0 amide bonds. The summed E-state index contributed by atoms with van der Waals surface area (Å²) in [7, 11) is 0. The standard InChI is InChI=1S/C10H15BrN2O2/c1-10(2,3)4-5-13-8(14)7(11)6-12-9(13)15/h6H,4-5H2,1-3H3,(H,12,15). The van der Waals surface area contributed by atoms with E-state index in [1.807, 2.05) is 0 Å². The molecule has 0 aromatic carbocycles. The third-order valence-electron chi connectivity index (χ3n) is 2.10. The third-order valence-corrected chi connectivity index (χ3v) is 2.67. The molecule has 84 valence electrons. The van der Waals surface area contributed by atoms with Crippen molar-refractivity contribution in [3.63, 3.8) is 0 Å². The van der Waals surface area contributed by atoms with E-state index < -0.39 is 0 Å². The molecule has 0 bridgehead atoms. The Morgan fingerprint density at radius 3 is 2.53 bits per heavy atom. The lowest BCUT2D eigenvalue weighted by atomic mass is 9.92. The largest absolute Gasteiger partial charge is 0.328 e. The number of aromatic nitrogens is 2. The molecule has 0 radical (unpaired) electrons. The maximum atomic E-state index is 11.6. The fraction of sp³-hybridized carbons (Fsp3) is 0.600. The zero-order valence-corrected chi connectivity index (χ0v) is 10.7. The van der Waals surface area contributed by atoms with Crippen LogP contribution in [-0.4, -0.2) is 9.55 Å². The topological polar surface area (TPSA) is 54.9 Å². The molecule has 1 rings (SSSR count). The van der Waals surface area contributed by atoms with Crippen LogP contribution < -0.4 is 11.2 Å². The van der Waals surface area contributed by atoms with Gasteiger partial charge in [-0.2, -0.15) is 0 Å². The Hall–Kier alpha value is -0.840. The molecule has 0 aliphatic carbocycles. The van der Waals surface area contributed by atoms with Crippen LogP contribution in [0.1, 0.15) is 27.2 Å². The van der Waals surface area contributed by atoms with Crippen molar-refractivity contribution >= 4 is 15.9 Å². The highest BCUT2D eigenvalue weighted by Gasteiger charge is 2.12. The van der Waals surface area contributed by atoms with Crippen LogP contribution in [0.3, 0.4) is 0 Å². The van der Waals surface area contributed by atoms with E-state index in [0.717, 1.165) is 6.42 Å². The first-order chi connectivity index (χ1) is 6.81. The van der Waals surface area contributed by atoms with Crippen LogP contribution in [0.5, 0.6) is 0 Å². The van der Waals surface area contributed by atoms with Gasteiger partial charge in [-0.25, -0.2) is 4.79 Å². The molecule has 0 spiro atoms. The summed E-state index contributed by atoms with van der Waals surface area (Å²) in [5.74, 6) is 0. The average molecular weight is 275 g/mol. The molecule has 15 heavy (non-hydrogen) atoms. The first-order valence-corrected chi connectivity index (χ1v) is 5.58. The summed E-state index contributed by atoms with van der Waals surface area (Å²) in [6, 6.07) is 0. The minimum absolute atomic E-state index is 0.105. The third kappa shape index (κ3) is 3.34. The Bertz CT molecular complexity index is 454. The zero-order valence-electron chi connectivity index (χ0n) is 9.13. The Labute approximate surface area is 96.5 Å². The minimum Gasteiger partial charge on any atom is -0.313 e. The van der Waals surface area contributed by atoms with Gasteiger partial charge >= 0.3 is 5.69 Å². The number of hydrogen-bond acceptors (Lipinski definition) is 2. The van der Waals surface area contributed by atoms with Crippen molar-refractivity contribution in [3.05, 3.63) is 31.5 Å². The molecule has 0 atom stereocenters. The molecule has 1 aromatic heterocycles. The van der Waals surface area contributed by atoms with Crippen LogP contribution in [-0.2, 0) is 6.54 Å². The van der Waals surface area contributed by atoms with E-state index in [1.54, 1.807) is 0 Å². The Morgan fingerprint density at radius 1 is 1.40 bits per heavy atom. The number of aromatic amines is 1. The van der Waals surface area contributed by atoms with Crippen molar-refractivity contribution in [2.45, 2.75) is 33.7 Å². The van der Waals surface area contributed by atoms with Gasteiger partial charge in [0.1, 0.15) is 0 Å². The van der Waals surface area contributed by atoms with Crippen LogP contribution in [0.25, 0.3) is 0 Å². The van der Waals surface area contributed by atoms with E-state index in [-0.39, 0.29) is 16.7 Å². The second kappa shape index (κ2) is 4.35. The lowest BCUT2D eigenvalue weighted by Crippen LogP contribution is -2.36. The van der Waals surface area contributed by atoms with Crippen LogP contribution in [0, 0.1) is 5.41 Å². The lowest BCUT2D eigenvalue weighted by Gasteiger charge is -2.17. The Morgan fingerprint density at radius 2 is 2.00 bits per heavy atom. The van der Waals surface area contributed by atoms with Crippen molar-refractivity contribution in [2.24, 2.45) is 5.41 Å². The van der Waals surface area contributed by atoms with E-state index in [9.17, 15) is 9.59 Å². The highest BCUT2D eigenvalue weighted by atomic mass is 79.9. The van der Waals surface area contributed by atoms with Crippen molar-refractivity contribution in [1.29, 1.82) is 0 Å². The molecule has 5 heteroatoms. The van der Waals surface area contributed by atoms with Crippen molar-refractivity contribution < 1.29 is 0 Å². The summed E-state index contributed by atoms with van der Waals surface area (Å²) >= 11 is 3.10. The van der Waals surface area contributed by atoms with Gasteiger partial charge in [-0.15, -0.1) is 0 Å². The quantitative estimate of drug-likeness (QED) is 0.893. The van der Waals surface area contributed by atoms with E-state index in [4.69, 9.17) is 0 Å². The first kappa shape index (κ1) is 12.2. The van der Waals surface area contributed by atoms with Crippen LogP contribution in [0.4, 0.5) is 0 Å². The summed E-state index contributed by atoms with van der Waals surface area (Å²) in [6.07, 6.45) is 2.16. The SMILES string of the molecule is CC(C)(C)CCn1c(=O)[nH]cc(Br)c1=O. The number of nitrogens with one attached hydrogen (secondary N) is 1. The predicted molar refractivity (Wildman–Crippen MR) is 63.1 cm³/mol. The number of rotatable bonds is 2. The van der Waals surface area contributed by atoms with Crippen LogP contribution in [0.2, 0.25) is 0 Å². The molecule has 0 saturated heterocycles. The number of hydrogen-bond donors (Lipinski definition) is 1. The first-order valence-electron chi connectivity index (χ1n) is 4.79. The molecule has 0 aliphatic rings. The van der Waals surface area contributed by atoms with Crippen LogP contribution in [0.15, 0.2) is 20.3 Å². The molecule has 0 fully saturated rings. The van der Waals surface area contributed by atoms with Gasteiger partial charge < -0.3 is 4.98 Å². The number of nitrogens with zero attached hydrogens (tertiary/aromatic N) is 1. The van der Waals surface area contributed by atoms with Crippen molar-refractivity contribution in [1.82, 2.24) is 9.55 Å². The normalized spacial score (nSPS) is 11.7. The maximum Gasteiger partial charge on any atom is 0.328 e. The maximum absolute atomic E-state index is 11.6.